The first-order valence-corrected chi connectivity index (χ1v) is 6.16. The van der Waals surface area contributed by atoms with E-state index in [9.17, 15) is 0 Å². The van der Waals surface area contributed by atoms with E-state index in [0.29, 0.717) is 0 Å². The zero-order chi connectivity index (χ0) is 12.7. The molecule has 0 saturated heterocycles. The van der Waals surface area contributed by atoms with Crippen molar-refractivity contribution in [1.82, 2.24) is 0 Å². The van der Waals surface area contributed by atoms with E-state index in [-0.39, 0.29) is 12.4 Å². The van der Waals surface area contributed by atoms with Crippen molar-refractivity contribution in [2.75, 3.05) is 0 Å². The summed E-state index contributed by atoms with van der Waals surface area (Å²) in [4.78, 5) is 0. The molecule has 1 unspecified atom stereocenters. The molecule has 0 aliphatic rings. The third kappa shape index (κ3) is 5.55. The highest BCUT2D eigenvalue weighted by Gasteiger charge is 2.06. The minimum Gasteiger partial charge on any atom is -0.473 e. The fourth-order valence-corrected chi connectivity index (χ4v) is 1.51. The molecule has 0 aliphatic carbocycles. The van der Waals surface area contributed by atoms with Crippen molar-refractivity contribution in [1.29, 1.82) is 0 Å². The van der Waals surface area contributed by atoms with E-state index in [2.05, 4.69) is 25.1 Å². The number of rotatable bonds is 6. The minimum absolute atomic E-state index is 0.156. The molecule has 2 heteroatoms. The molecule has 0 N–H and O–H groups in total. The summed E-state index contributed by atoms with van der Waals surface area (Å²) in [7, 11) is 0. The average Bonchev–Trinajstić information content (AvgIpc) is 2.27. The van der Waals surface area contributed by atoms with Crippen LogP contribution in [0.3, 0.4) is 0 Å². The van der Waals surface area contributed by atoms with Gasteiger partial charge >= 0.3 is 0 Å². The van der Waals surface area contributed by atoms with Crippen molar-refractivity contribution >= 4 is 6.08 Å². The monoisotopic (exact) mass is 234 g/mol. The Bertz CT molecular complexity index is 356. The van der Waals surface area contributed by atoms with Crippen LogP contribution in [-0.2, 0) is 9.47 Å². The molecule has 0 bridgehead atoms. The first-order valence-electron chi connectivity index (χ1n) is 6.16. The maximum atomic E-state index is 5.59. The largest absolute Gasteiger partial charge is 0.473 e. The topological polar surface area (TPSA) is 18.5 Å². The van der Waals surface area contributed by atoms with Gasteiger partial charge in [-0.2, -0.15) is 0 Å². The second-order valence-electron chi connectivity index (χ2n) is 4.38. The summed E-state index contributed by atoms with van der Waals surface area (Å²) in [5, 5.41) is 0. The Hall–Kier alpha value is -1.28. The van der Waals surface area contributed by atoms with Gasteiger partial charge in [0.15, 0.2) is 6.29 Å². The van der Waals surface area contributed by atoms with Gasteiger partial charge in [0.2, 0.25) is 0 Å². The van der Waals surface area contributed by atoms with Crippen LogP contribution in [0.5, 0.6) is 0 Å². The highest BCUT2D eigenvalue weighted by molar-refractivity contribution is 5.49. The highest BCUT2D eigenvalue weighted by atomic mass is 16.7. The number of hydrogen-bond donors (Lipinski definition) is 0. The van der Waals surface area contributed by atoms with Crippen LogP contribution < -0.4 is 0 Å². The van der Waals surface area contributed by atoms with Gasteiger partial charge in [-0.1, -0.05) is 36.8 Å². The third-order valence-electron chi connectivity index (χ3n) is 2.29. The molecule has 0 spiro atoms. The summed E-state index contributed by atoms with van der Waals surface area (Å²) in [6, 6.07) is 8.28. The van der Waals surface area contributed by atoms with Crippen molar-refractivity contribution in [2.45, 2.75) is 46.5 Å². The van der Waals surface area contributed by atoms with E-state index >= 15 is 0 Å². The van der Waals surface area contributed by atoms with Crippen LogP contribution in [0.1, 0.15) is 38.3 Å². The van der Waals surface area contributed by atoms with E-state index < -0.39 is 0 Å². The van der Waals surface area contributed by atoms with Gasteiger partial charge in [0.25, 0.3) is 0 Å². The van der Waals surface area contributed by atoms with Gasteiger partial charge in [-0.25, -0.2) is 0 Å². The molecule has 0 saturated carbocycles. The molecular weight excluding hydrogens is 212 g/mol. The average molecular weight is 234 g/mol. The Balaban J connectivity index is 2.48. The van der Waals surface area contributed by atoms with Crippen LogP contribution in [0.4, 0.5) is 0 Å². The van der Waals surface area contributed by atoms with Gasteiger partial charge in [-0.15, -0.1) is 0 Å². The summed E-state index contributed by atoms with van der Waals surface area (Å²) < 4.78 is 11.1. The zero-order valence-electron chi connectivity index (χ0n) is 11.1. The second kappa shape index (κ2) is 7.13. The van der Waals surface area contributed by atoms with Crippen LogP contribution in [0.15, 0.2) is 30.5 Å². The molecule has 0 heterocycles. The smallest absolute Gasteiger partial charge is 0.198 e. The van der Waals surface area contributed by atoms with Crippen molar-refractivity contribution in [3.63, 3.8) is 0 Å². The van der Waals surface area contributed by atoms with E-state index in [0.717, 1.165) is 12.0 Å². The predicted molar refractivity (Wildman–Crippen MR) is 71.6 cm³/mol. The van der Waals surface area contributed by atoms with Crippen molar-refractivity contribution in [2.24, 2.45) is 0 Å². The Morgan fingerprint density at radius 2 is 2.06 bits per heavy atom. The predicted octanol–water partition coefficient (Wildman–Crippen LogP) is 4.14. The molecule has 0 aliphatic heterocycles. The molecule has 0 amide bonds. The van der Waals surface area contributed by atoms with Crippen LogP contribution >= 0.6 is 0 Å². The lowest BCUT2D eigenvalue weighted by Gasteiger charge is -2.17. The molecule has 0 aromatic heterocycles. The molecule has 1 aromatic carbocycles. The minimum atomic E-state index is -0.156. The quantitative estimate of drug-likeness (QED) is 0.544. The third-order valence-corrected chi connectivity index (χ3v) is 2.29. The van der Waals surface area contributed by atoms with Gasteiger partial charge in [0.1, 0.15) is 0 Å². The van der Waals surface area contributed by atoms with Gasteiger partial charge in [0.05, 0.1) is 12.4 Å². The van der Waals surface area contributed by atoms with Gasteiger partial charge in [-0.05, 0) is 32.4 Å². The van der Waals surface area contributed by atoms with E-state index in [1.165, 1.54) is 5.56 Å². The van der Waals surface area contributed by atoms with Gasteiger partial charge in [0, 0.05) is 6.42 Å². The number of ether oxygens (including phenoxy) is 2. The molecule has 1 atom stereocenters. The first-order chi connectivity index (χ1) is 8.11. The summed E-state index contributed by atoms with van der Waals surface area (Å²) in [6.07, 6.45) is 4.55. The van der Waals surface area contributed by atoms with E-state index in [4.69, 9.17) is 9.47 Å². The van der Waals surface area contributed by atoms with Crippen LogP contribution in [0, 0.1) is 6.92 Å². The first kappa shape index (κ1) is 13.8. The summed E-state index contributed by atoms with van der Waals surface area (Å²) in [5.74, 6) is 0. The molecule has 0 fully saturated rings. The maximum absolute atomic E-state index is 5.59. The summed E-state index contributed by atoms with van der Waals surface area (Å²) in [5.41, 5.74) is 2.39. The Labute approximate surface area is 104 Å². The lowest BCUT2D eigenvalue weighted by molar-refractivity contribution is -0.131. The fraction of sp³-hybridized carbons (Fsp3) is 0.467. The molecule has 1 rings (SSSR count). The lowest BCUT2D eigenvalue weighted by atomic mass is 10.1. The SMILES string of the molecule is CCC(OC=Cc1cccc(C)c1)OC(C)C. The Kier molecular flexibility index (Phi) is 5.78. The fourth-order valence-electron chi connectivity index (χ4n) is 1.51. The summed E-state index contributed by atoms with van der Waals surface area (Å²) in [6.45, 7) is 8.15. The zero-order valence-corrected chi connectivity index (χ0v) is 11.1. The molecule has 1 aromatic rings. The van der Waals surface area contributed by atoms with Crippen molar-refractivity contribution < 1.29 is 9.47 Å². The molecule has 2 nitrogen and oxygen atoms in total. The molecule has 94 valence electrons. The molecule has 0 radical (unpaired) electrons. The lowest BCUT2D eigenvalue weighted by Crippen LogP contribution is -2.18. The standard InChI is InChI=1S/C15H22O2/c1-5-15(17-12(2)3)16-10-9-14-8-6-7-13(4)11-14/h6-12,15H,5H2,1-4H3. The Morgan fingerprint density at radius 1 is 1.29 bits per heavy atom. The molecule has 17 heavy (non-hydrogen) atoms. The van der Waals surface area contributed by atoms with E-state index in [1.807, 2.05) is 32.9 Å². The number of aryl methyl sites for hydroxylation is 1. The van der Waals surface area contributed by atoms with Crippen LogP contribution in [-0.4, -0.2) is 12.4 Å². The normalized spacial score (nSPS) is 13.2. The van der Waals surface area contributed by atoms with Gasteiger partial charge < -0.3 is 9.47 Å². The van der Waals surface area contributed by atoms with Crippen LogP contribution in [0.2, 0.25) is 0 Å². The van der Waals surface area contributed by atoms with Crippen molar-refractivity contribution in [3.8, 4) is 0 Å². The number of benzene rings is 1. The Morgan fingerprint density at radius 3 is 2.65 bits per heavy atom. The second-order valence-corrected chi connectivity index (χ2v) is 4.38. The van der Waals surface area contributed by atoms with Crippen LogP contribution in [0.25, 0.3) is 6.08 Å². The molecular formula is C15H22O2. The van der Waals surface area contributed by atoms with Gasteiger partial charge in [-0.3, -0.25) is 0 Å². The number of hydrogen-bond acceptors (Lipinski definition) is 2. The highest BCUT2D eigenvalue weighted by Crippen LogP contribution is 2.09. The van der Waals surface area contributed by atoms with E-state index in [1.54, 1.807) is 6.26 Å². The maximum Gasteiger partial charge on any atom is 0.198 e. The summed E-state index contributed by atoms with van der Waals surface area (Å²) >= 11 is 0. The van der Waals surface area contributed by atoms with Crippen molar-refractivity contribution in [3.05, 3.63) is 41.7 Å².